The minimum atomic E-state index is -0.813. The molecule has 3 rings (SSSR count). The quantitative estimate of drug-likeness (QED) is 0.869. The van der Waals surface area contributed by atoms with Gasteiger partial charge in [-0.2, -0.15) is 0 Å². The zero-order valence-corrected chi connectivity index (χ0v) is 10.8. The average molecular weight is 257 g/mol. The molecule has 4 heteroatoms. The Bertz CT molecular complexity index is 629. The number of fused-ring (bicyclic) bond motifs is 1. The third kappa shape index (κ3) is 1.76. The number of anilines is 1. The van der Waals surface area contributed by atoms with E-state index in [1.165, 1.54) is 6.26 Å². The van der Waals surface area contributed by atoms with E-state index in [0.717, 1.165) is 16.8 Å². The molecule has 2 N–H and O–H groups in total. The van der Waals surface area contributed by atoms with Gasteiger partial charge in [0.1, 0.15) is 11.9 Å². The summed E-state index contributed by atoms with van der Waals surface area (Å²) in [4.78, 5) is 11.9. The van der Waals surface area contributed by atoms with Crippen LogP contribution in [0.15, 0.2) is 41.0 Å². The smallest absolute Gasteiger partial charge is 0.234 e. The zero-order valence-electron chi connectivity index (χ0n) is 10.8. The Balaban J connectivity index is 2.04. The Morgan fingerprint density at radius 1 is 1.32 bits per heavy atom. The number of benzene rings is 1. The lowest BCUT2D eigenvalue weighted by Crippen LogP contribution is -2.26. The Kier molecular flexibility index (Phi) is 2.50. The SMILES string of the molecule is CC1(C)C(=O)Nc2ccc(C(O)c3ccco3)cc21. The molecule has 0 saturated heterocycles. The van der Waals surface area contributed by atoms with Gasteiger partial charge < -0.3 is 14.8 Å². The largest absolute Gasteiger partial charge is 0.466 e. The first-order valence-corrected chi connectivity index (χ1v) is 6.17. The summed E-state index contributed by atoms with van der Waals surface area (Å²) in [5.74, 6) is 0.474. The van der Waals surface area contributed by atoms with Gasteiger partial charge in [0, 0.05) is 5.69 Å². The molecule has 1 aliphatic heterocycles. The van der Waals surface area contributed by atoms with Gasteiger partial charge in [0.05, 0.1) is 11.7 Å². The van der Waals surface area contributed by atoms with E-state index < -0.39 is 11.5 Å². The highest BCUT2D eigenvalue weighted by Gasteiger charge is 2.38. The maximum atomic E-state index is 11.9. The number of hydrogen-bond acceptors (Lipinski definition) is 3. The molecule has 0 spiro atoms. The second-order valence-electron chi connectivity index (χ2n) is 5.30. The second kappa shape index (κ2) is 3.96. The fraction of sp³-hybridized carbons (Fsp3) is 0.267. The van der Waals surface area contributed by atoms with Gasteiger partial charge in [0.2, 0.25) is 5.91 Å². The number of hydrogen-bond donors (Lipinski definition) is 2. The van der Waals surface area contributed by atoms with Crippen LogP contribution >= 0.6 is 0 Å². The standard InChI is InChI=1S/C15H15NO3/c1-15(2)10-8-9(5-6-11(10)16-14(15)18)13(17)12-4-3-7-19-12/h3-8,13,17H,1-2H3,(H,16,18). The molecule has 0 bridgehead atoms. The summed E-state index contributed by atoms with van der Waals surface area (Å²) in [5.41, 5.74) is 1.86. The molecule has 0 saturated carbocycles. The first-order valence-electron chi connectivity index (χ1n) is 6.17. The van der Waals surface area contributed by atoms with E-state index in [0.29, 0.717) is 5.76 Å². The first-order chi connectivity index (χ1) is 9.00. The Labute approximate surface area is 111 Å². The van der Waals surface area contributed by atoms with Crippen molar-refractivity contribution in [1.82, 2.24) is 0 Å². The third-order valence-corrected chi connectivity index (χ3v) is 3.66. The summed E-state index contributed by atoms with van der Waals surface area (Å²) in [6.07, 6.45) is 0.716. The van der Waals surface area contributed by atoms with Crippen molar-refractivity contribution in [2.75, 3.05) is 5.32 Å². The van der Waals surface area contributed by atoms with Crippen LogP contribution in [0.5, 0.6) is 0 Å². The third-order valence-electron chi connectivity index (χ3n) is 3.66. The number of furan rings is 1. The summed E-state index contributed by atoms with van der Waals surface area (Å²) in [6.45, 7) is 3.74. The van der Waals surface area contributed by atoms with E-state index in [2.05, 4.69) is 5.32 Å². The highest BCUT2D eigenvalue weighted by Crippen LogP contribution is 2.39. The summed E-state index contributed by atoms with van der Waals surface area (Å²) >= 11 is 0. The number of carbonyl (C=O) groups is 1. The topological polar surface area (TPSA) is 62.5 Å². The molecule has 19 heavy (non-hydrogen) atoms. The van der Waals surface area contributed by atoms with Gasteiger partial charge in [-0.15, -0.1) is 0 Å². The summed E-state index contributed by atoms with van der Waals surface area (Å²) < 4.78 is 5.21. The van der Waals surface area contributed by atoms with E-state index in [1.807, 2.05) is 26.0 Å². The van der Waals surface area contributed by atoms with Gasteiger partial charge in [-0.25, -0.2) is 0 Å². The van der Waals surface area contributed by atoms with Crippen LogP contribution in [0, 0.1) is 0 Å². The van der Waals surface area contributed by atoms with Crippen LogP contribution in [-0.2, 0) is 10.2 Å². The van der Waals surface area contributed by atoms with Crippen LogP contribution in [0.25, 0.3) is 0 Å². The van der Waals surface area contributed by atoms with E-state index in [1.54, 1.807) is 18.2 Å². The van der Waals surface area contributed by atoms with Gasteiger partial charge in [-0.05, 0) is 49.2 Å². The number of nitrogens with one attached hydrogen (secondary N) is 1. The van der Waals surface area contributed by atoms with Crippen molar-refractivity contribution >= 4 is 11.6 Å². The minimum Gasteiger partial charge on any atom is -0.466 e. The normalized spacial score (nSPS) is 17.9. The van der Waals surface area contributed by atoms with Crippen molar-refractivity contribution in [2.45, 2.75) is 25.4 Å². The van der Waals surface area contributed by atoms with Crippen LogP contribution in [0.3, 0.4) is 0 Å². The number of rotatable bonds is 2. The summed E-state index contributed by atoms with van der Waals surface area (Å²) in [5, 5.41) is 13.1. The molecule has 98 valence electrons. The number of amides is 1. The monoisotopic (exact) mass is 257 g/mol. The van der Waals surface area contributed by atoms with E-state index >= 15 is 0 Å². The van der Waals surface area contributed by atoms with Gasteiger partial charge in [0.15, 0.2) is 0 Å². The predicted molar refractivity (Wildman–Crippen MR) is 70.9 cm³/mol. The average Bonchev–Trinajstić information content (AvgIpc) is 2.98. The Hall–Kier alpha value is -2.07. The molecule has 1 atom stereocenters. The van der Waals surface area contributed by atoms with Crippen molar-refractivity contribution in [3.05, 3.63) is 53.5 Å². The Morgan fingerprint density at radius 2 is 2.11 bits per heavy atom. The molecular weight excluding hydrogens is 242 g/mol. The summed E-state index contributed by atoms with van der Waals surface area (Å²) in [7, 11) is 0. The van der Waals surface area contributed by atoms with Crippen molar-refractivity contribution in [2.24, 2.45) is 0 Å². The fourth-order valence-electron chi connectivity index (χ4n) is 2.37. The van der Waals surface area contributed by atoms with Crippen LogP contribution in [0.1, 0.15) is 36.8 Å². The van der Waals surface area contributed by atoms with Crippen molar-refractivity contribution < 1.29 is 14.3 Å². The number of aliphatic hydroxyl groups excluding tert-OH is 1. The highest BCUT2D eigenvalue weighted by molar-refractivity contribution is 6.05. The lowest BCUT2D eigenvalue weighted by molar-refractivity contribution is -0.119. The van der Waals surface area contributed by atoms with Gasteiger partial charge in [-0.1, -0.05) is 6.07 Å². The molecule has 2 heterocycles. The van der Waals surface area contributed by atoms with Crippen molar-refractivity contribution in [1.29, 1.82) is 0 Å². The lowest BCUT2D eigenvalue weighted by Gasteiger charge is -2.17. The van der Waals surface area contributed by atoms with Crippen LogP contribution in [-0.4, -0.2) is 11.0 Å². The van der Waals surface area contributed by atoms with Crippen LogP contribution in [0.2, 0.25) is 0 Å². The molecule has 1 aromatic carbocycles. The lowest BCUT2D eigenvalue weighted by atomic mass is 9.85. The van der Waals surface area contributed by atoms with E-state index in [9.17, 15) is 9.90 Å². The molecule has 2 aromatic rings. The second-order valence-corrected chi connectivity index (χ2v) is 5.30. The zero-order chi connectivity index (χ0) is 13.6. The van der Waals surface area contributed by atoms with E-state index in [-0.39, 0.29) is 5.91 Å². The van der Waals surface area contributed by atoms with Crippen molar-refractivity contribution in [3.8, 4) is 0 Å². The predicted octanol–water partition coefficient (Wildman–Crippen LogP) is 2.59. The molecular formula is C15H15NO3. The molecule has 4 nitrogen and oxygen atoms in total. The van der Waals surface area contributed by atoms with Gasteiger partial charge in [0.25, 0.3) is 0 Å². The van der Waals surface area contributed by atoms with Gasteiger partial charge >= 0.3 is 0 Å². The van der Waals surface area contributed by atoms with Crippen LogP contribution < -0.4 is 5.32 Å². The maximum absolute atomic E-state index is 11.9. The van der Waals surface area contributed by atoms with Crippen molar-refractivity contribution in [3.63, 3.8) is 0 Å². The molecule has 1 unspecified atom stereocenters. The fourth-order valence-corrected chi connectivity index (χ4v) is 2.37. The summed E-state index contributed by atoms with van der Waals surface area (Å²) in [6, 6.07) is 8.95. The molecule has 1 amide bonds. The molecule has 0 fully saturated rings. The molecule has 1 aliphatic rings. The first kappa shape index (κ1) is 12.0. The molecule has 0 aliphatic carbocycles. The van der Waals surface area contributed by atoms with Crippen LogP contribution in [0.4, 0.5) is 5.69 Å². The number of carbonyl (C=O) groups excluding carboxylic acids is 1. The Morgan fingerprint density at radius 3 is 2.79 bits per heavy atom. The van der Waals surface area contributed by atoms with E-state index in [4.69, 9.17) is 4.42 Å². The molecule has 1 aromatic heterocycles. The van der Waals surface area contributed by atoms with Gasteiger partial charge in [-0.3, -0.25) is 4.79 Å². The number of aliphatic hydroxyl groups is 1. The maximum Gasteiger partial charge on any atom is 0.234 e. The molecule has 0 radical (unpaired) electrons. The highest BCUT2D eigenvalue weighted by atomic mass is 16.4. The minimum absolute atomic E-state index is 0.0212.